The molecule has 0 aromatic carbocycles. The summed E-state index contributed by atoms with van der Waals surface area (Å²) in [6.07, 6.45) is 3.67. The molecule has 1 fully saturated rings. The van der Waals surface area contributed by atoms with Crippen LogP contribution in [0.3, 0.4) is 0 Å². The van der Waals surface area contributed by atoms with E-state index in [1.54, 1.807) is 0 Å². The van der Waals surface area contributed by atoms with Gasteiger partial charge in [-0.1, -0.05) is 6.42 Å². The second kappa shape index (κ2) is 3.72. The molecule has 3 nitrogen and oxygen atoms in total. The van der Waals surface area contributed by atoms with Gasteiger partial charge in [0.2, 0.25) is 0 Å². The van der Waals surface area contributed by atoms with Crippen LogP contribution in [0.4, 0.5) is 0 Å². The van der Waals surface area contributed by atoms with E-state index >= 15 is 0 Å². The topological polar surface area (TPSA) is 38.3 Å². The van der Waals surface area contributed by atoms with Gasteiger partial charge in [0, 0.05) is 6.04 Å². The van der Waals surface area contributed by atoms with Crippen LogP contribution in [0.2, 0.25) is 0 Å². The van der Waals surface area contributed by atoms with Crippen LogP contribution in [0.1, 0.15) is 26.2 Å². The molecule has 1 saturated carbocycles. The number of carbonyl (C=O) groups is 1. The molecule has 0 spiro atoms. The molecule has 0 unspecified atom stereocenters. The SMILES string of the molecule is COC(=O)[C@@H](C)NC1CCC1. The summed E-state index contributed by atoms with van der Waals surface area (Å²) in [5.74, 6) is -0.170. The highest BCUT2D eigenvalue weighted by atomic mass is 16.5. The average molecular weight is 157 g/mol. The van der Waals surface area contributed by atoms with Crippen LogP contribution in [0, 0.1) is 0 Å². The molecule has 11 heavy (non-hydrogen) atoms. The Morgan fingerprint density at radius 2 is 2.27 bits per heavy atom. The van der Waals surface area contributed by atoms with Gasteiger partial charge in [-0.25, -0.2) is 0 Å². The van der Waals surface area contributed by atoms with Gasteiger partial charge >= 0.3 is 5.97 Å². The fraction of sp³-hybridized carbons (Fsp3) is 0.875. The molecule has 0 aliphatic heterocycles. The van der Waals surface area contributed by atoms with E-state index in [4.69, 9.17) is 0 Å². The van der Waals surface area contributed by atoms with Crippen LogP contribution < -0.4 is 5.32 Å². The lowest BCUT2D eigenvalue weighted by molar-refractivity contribution is -0.143. The number of methoxy groups -OCH3 is 1. The highest BCUT2D eigenvalue weighted by molar-refractivity contribution is 5.75. The van der Waals surface area contributed by atoms with Crippen molar-refractivity contribution in [2.75, 3.05) is 7.11 Å². The Kier molecular flexibility index (Phi) is 2.88. The Balaban J connectivity index is 2.18. The fourth-order valence-electron chi connectivity index (χ4n) is 1.17. The van der Waals surface area contributed by atoms with Gasteiger partial charge in [0.1, 0.15) is 6.04 Å². The molecule has 1 aliphatic rings. The van der Waals surface area contributed by atoms with Crippen LogP contribution >= 0.6 is 0 Å². The van der Waals surface area contributed by atoms with E-state index in [2.05, 4.69) is 10.1 Å². The van der Waals surface area contributed by atoms with E-state index in [1.807, 2.05) is 6.92 Å². The third-order valence-electron chi connectivity index (χ3n) is 2.15. The predicted molar refractivity (Wildman–Crippen MR) is 42.3 cm³/mol. The van der Waals surface area contributed by atoms with Crippen molar-refractivity contribution in [3.63, 3.8) is 0 Å². The Morgan fingerprint density at radius 3 is 2.64 bits per heavy atom. The van der Waals surface area contributed by atoms with Crippen LogP contribution in [0.5, 0.6) is 0 Å². The summed E-state index contributed by atoms with van der Waals surface area (Å²) in [4.78, 5) is 10.9. The smallest absolute Gasteiger partial charge is 0.322 e. The molecule has 0 bridgehead atoms. The number of hydrogen-bond acceptors (Lipinski definition) is 3. The summed E-state index contributed by atoms with van der Waals surface area (Å²) in [6.45, 7) is 1.84. The third kappa shape index (κ3) is 2.19. The second-order valence-corrected chi connectivity index (χ2v) is 3.04. The zero-order valence-corrected chi connectivity index (χ0v) is 7.09. The fourth-order valence-corrected chi connectivity index (χ4v) is 1.17. The minimum atomic E-state index is -0.170. The molecule has 1 atom stereocenters. The number of hydrogen-bond donors (Lipinski definition) is 1. The molecule has 1 N–H and O–H groups in total. The average Bonchev–Trinajstić information content (AvgIpc) is 1.94. The van der Waals surface area contributed by atoms with E-state index in [-0.39, 0.29) is 12.0 Å². The van der Waals surface area contributed by atoms with Gasteiger partial charge in [0.25, 0.3) is 0 Å². The largest absolute Gasteiger partial charge is 0.468 e. The maximum Gasteiger partial charge on any atom is 0.322 e. The molecule has 64 valence electrons. The summed E-state index contributed by atoms with van der Waals surface area (Å²) < 4.78 is 4.58. The van der Waals surface area contributed by atoms with Crippen molar-refractivity contribution in [3.05, 3.63) is 0 Å². The lowest BCUT2D eigenvalue weighted by Gasteiger charge is -2.28. The summed E-state index contributed by atoms with van der Waals surface area (Å²) in [5, 5.41) is 3.19. The van der Waals surface area contributed by atoms with Gasteiger partial charge in [-0.2, -0.15) is 0 Å². The standard InChI is InChI=1S/C8H15NO2/c1-6(8(10)11-2)9-7-4-3-5-7/h6-7,9H,3-5H2,1-2H3/t6-/m1/s1. The Bertz CT molecular complexity index is 143. The van der Waals surface area contributed by atoms with Gasteiger partial charge in [-0.3, -0.25) is 4.79 Å². The molecule has 3 heteroatoms. The molecule has 0 aromatic rings. The molecule has 0 heterocycles. The molecular weight excluding hydrogens is 142 g/mol. The highest BCUT2D eigenvalue weighted by Crippen LogP contribution is 2.18. The summed E-state index contributed by atoms with van der Waals surface area (Å²) in [7, 11) is 1.42. The predicted octanol–water partition coefficient (Wildman–Crippen LogP) is 0.690. The van der Waals surface area contributed by atoms with E-state index < -0.39 is 0 Å². The van der Waals surface area contributed by atoms with E-state index in [0.717, 1.165) is 0 Å². The maximum atomic E-state index is 10.9. The molecular formula is C8H15NO2. The molecule has 0 radical (unpaired) electrons. The Labute approximate surface area is 67.1 Å². The van der Waals surface area contributed by atoms with Gasteiger partial charge in [0.05, 0.1) is 7.11 Å². The molecule has 1 aliphatic carbocycles. The third-order valence-corrected chi connectivity index (χ3v) is 2.15. The normalized spacial score (nSPS) is 20.5. The van der Waals surface area contributed by atoms with Crippen LogP contribution in [0.25, 0.3) is 0 Å². The minimum Gasteiger partial charge on any atom is -0.468 e. The lowest BCUT2D eigenvalue weighted by Crippen LogP contribution is -2.45. The van der Waals surface area contributed by atoms with E-state index in [9.17, 15) is 4.79 Å². The van der Waals surface area contributed by atoms with Gasteiger partial charge in [-0.05, 0) is 19.8 Å². The van der Waals surface area contributed by atoms with Crippen LogP contribution in [-0.4, -0.2) is 25.2 Å². The molecule has 0 amide bonds. The van der Waals surface area contributed by atoms with Crippen molar-refractivity contribution < 1.29 is 9.53 Å². The number of carbonyl (C=O) groups excluding carboxylic acids is 1. The zero-order valence-electron chi connectivity index (χ0n) is 7.09. The summed E-state index contributed by atoms with van der Waals surface area (Å²) >= 11 is 0. The van der Waals surface area contributed by atoms with Gasteiger partial charge in [-0.15, -0.1) is 0 Å². The first-order valence-corrected chi connectivity index (χ1v) is 4.08. The lowest BCUT2D eigenvalue weighted by atomic mass is 9.92. The first kappa shape index (κ1) is 8.53. The highest BCUT2D eigenvalue weighted by Gasteiger charge is 2.22. The zero-order chi connectivity index (χ0) is 8.27. The number of rotatable bonds is 3. The first-order chi connectivity index (χ1) is 5.24. The van der Waals surface area contributed by atoms with Crippen molar-refractivity contribution in [1.82, 2.24) is 5.32 Å². The summed E-state index contributed by atoms with van der Waals surface area (Å²) in [6, 6.07) is 0.398. The van der Waals surface area contributed by atoms with Crippen LogP contribution in [0.15, 0.2) is 0 Å². The van der Waals surface area contributed by atoms with Gasteiger partial charge < -0.3 is 10.1 Å². The minimum absolute atomic E-state index is 0.148. The molecule has 0 saturated heterocycles. The van der Waals surface area contributed by atoms with E-state index in [0.29, 0.717) is 6.04 Å². The molecule has 1 rings (SSSR count). The van der Waals surface area contributed by atoms with E-state index in [1.165, 1.54) is 26.4 Å². The van der Waals surface area contributed by atoms with Crippen molar-refractivity contribution in [2.24, 2.45) is 0 Å². The Morgan fingerprint density at radius 1 is 1.64 bits per heavy atom. The van der Waals surface area contributed by atoms with Crippen molar-refractivity contribution in [1.29, 1.82) is 0 Å². The quantitative estimate of drug-likeness (QED) is 0.612. The monoisotopic (exact) mass is 157 g/mol. The van der Waals surface area contributed by atoms with Crippen molar-refractivity contribution in [2.45, 2.75) is 38.3 Å². The van der Waals surface area contributed by atoms with Crippen LogP contribution in [-0.2, 0) is 9.53 Å². The Hall–Kier alpha value is -0.570. The second-order valence-electron chi connectivity index (χ2n) is 3.04. The molecule has 0 aromatic heterocycles. The van der Waals surface area contributed by atoms with Gasteiger partial charge in [0.15, 0.2) is 0 Å². The number of ether oxygens (including phenoxy) is 1. The summed E-state index contributed by atoms with van der Waals surface area (Å²) in [5.41, 5.74) is 0. The number of nitrogens with one attached hydrogen (secondary N) is 1. The van der Waals surface area contributed by atoms with Crippen molar-refractivity contribution in [3.8, 4) is 0 Å². The van der Waals surface area contributed by atoms with Crippen molar-refractivity contribution >= 4 is 5.97 Å². The number of esters is 1. The first-order valence-electron chi connectivity index (χ1n) is 4.08. The maximum absolute atomic E-state index is 10.9.